The number of aliphatic imine (C=N–C) groups is 1. The molecule has 0 radical (unpaired) electrons. The maximum atomic E-state index is 14.0. The Balaban J connectivity index is 2.34. The lowest BCUT2D eigenvalue weighted by atomic mass is 10.0. The van der Waals surface area contributed by atoms with Crippen molar-refractivity contribution in [1.29, 1.82) is 0 Å². The van der Waals surface area contributed by atoms with Gasteiger partial charge in [-0.25, -0.2) is 17.6 Å². The predicted molar refractivity (Wildman–Crippen MR) is 92.0 cm³/mol. The molecule has 0 bridgehead atoms. The fourth-order valence-electron chi connectivity index (χ4n) is 2.20. The quantitative estimate of drug-likeness (QED) is 0.293. The molecule has 0 saturated heterocycles. The average molecular weight is 363 g/mol. The smallest absolute Gasteiger partial charge is 0.153 e. The van der Waals surface area contributed by atoms with Crippen LogP contribution in [0.25, 0.3) is 0 Å². The van der Waals surface area contributed by atoms with Crippen LogP contribution < -0.4 is 0 Å². The average Bonchev–Trinajstić information content (AvgIpc) is 2.55. The SMILES string of the molecule is CCCCc1c(F)cc(C#Cc2cc(F)c(N=C=S)c(F)c2)cc1F. The molecule has 25 heavy (non-hydrogen) atoms. The van der Waals surface area contributed by atoms with Crippen molar-refractivity contribution in [3.63, 3.8) is 0 Å². The number of benzene rings is 2. The Hall–Kier alpha value is -2.48. The van der Waals surface area contributed by atoms with E-state index in [4.69, 9.17) is 0 Å². The summed E-state index contributed by atoms with van der Waals surface area (Å²) in [6, 6.07) is 4.14. The topological polar surface area (TPSA) is 12.4 Å². The van der Waals surface area contributed by atoms with E-state index < -0.39 is 29.0 Å². The van der Waals surface area contributed by atoms with Crippen LogP contribution in [-0.2, 0) is 6.42 Å². The number of halogens is 4. The fraction of sp³-hybridized carbons (Fsp3) is 0.211. The minimum absolute atomic E-state index is 0.00851. The predicted octanol–water partition coefficient (Wildman–Crippen LogP) is 5.72. The summed E-state index contributed by atoms with van der Waals surface area (Å²) in [5.74, 6) is 1.72. The molecule has 0 N–H and O–H groups in total. The molecule has 2 aromatic rings. The van der Waals surface area contributed by atoms with Gasteiger partial charge in [0.05, 0.1) is 5.16 Å². The molecule has 6 heteroatoms. The van der Waals surface area contributed by atoms with Gasteiger partial charge in [-0.3, -0.25) is 0 Å². The van der Waals surface area contributed by atoms with Crippen molar-refractivity contribution in [1.82, 2.24) is 0 Å². The summed E-state index contributed by atoms with van der Waals surface area (Å²) in [6.07, 6.45) is 1.80. The highest BCUT2D eigenvalue weighted by molar-refractivity contribution is 7.78. The van der Waals surface area contributed by atoms with Gasteiger partial charge in [0.25, 0.3) is 0 Å². The molecule has 0 atom stereocenters. The summed E-state index contributed by atoms with van der Waals surface area (Å²) in [6.45, 7) is 1.93. The third-order valence-corrected chi connectivity index (χ3v) is 3.54. The van der Waals surface area contributed by atoms with E-state index in [0.29, 0.717) is 12.8 Å². The molecule has 0 heterocycles. The lowest BCUT2D eigenvalue weighted by molar-refractivity contribution is 0.548. The zero-order valence-electron chi connectivity index (χ0n) is 13.3. The molecule has 0 aliphatic rings. The van der Waals surface area contributed by atoms with Crippen molar-refractivity contribution in [3.8, 4) is 11.8 Å². The minimum Gasteiger partial charge on any atom is -0.207 e. The van der Waals surface area contributed by atoms with Crippen molar-refractivity contribution >= 4 is 23.1 Å². The monoisotopic (exact) mass is 363 g/mol. The molecule has 0 unspecified atom stereocenters. The number of hydrogen-bond donors (Lipinski definition) is 0. The second kappa shape index (κ2) is 8.57. The van der Waals surface area contributed by atoms with Gasteiger partial charge in [0, 0.05) is 16.7 Å². The molecule has 0 aliphatic heterocycles. The van der Waals surface area contributed by atoms with Crippen molar-refractivity contribution in [3.05, 3.63) is 64.2 Å². The second-order valence-corrected chi connectivity index (χ2v) is 5.45. The number of thiocarbonyl (C=S) groups is 1. The maximum absolute atomic E-state index is 14.0. The Morgan fingerprint density at radius 2 is 1.36 bits per heavy atom. The standard InChI is InChI=1S/C19H13F4NS/c1-2-3-4-14-15(20)7-12(8-16(14)21)5-6-13-9-17(22)19(24-11-25)18(23)10-13/h7-10H,2-4H2,1H3. The lowest BCUT2D eigenvalue weighted by Crippen LogP contribution is -1.97. The van der Waals surface area contributed by atoms with Crippen LogP contribution >= 0.6 is 12.2 Å². The van der Waals surface area contributed by atoms with Gasteiger partial charge in [-0.1, -0.05) is 25.2 Å². The van der Waals surface area contributed by atoms with Crippen LogP contribution in [0.2, 0.25) is 0 Å². The van der Waals surface area contributed by atoms with Gasteiger partial charge in [-0.05, 0) is 49.3 Å². The Morgan fingerprint density at radius 1 is 0.880 bits per heavy atom. The third-order valence-electron chi connectivity index (χ3n) is 3.45. The summed E-state index contributed by atoms with van der Waals surface area (Å²) >= 11 is 4.31. The number of rotatable bonds is 4. The van der Waals surface area contributed by atoms with E-state index in [1.807, 2.05) is 12.1 Å². The highest BCUT2D eigenvalue weighted by atomic mass is 32.1. The van der Waals surface area contributed by atoms with Gasteiger partial charge in [0.1, 0.15) is 17.3 Å². The molecule has 2 aromatic carbocycles. The summed E-state index contributed by atoms with van der Waals surface area (Å²) < 4.78 is 55.4. The first kappa shape index (κ1) is 18.9. The van der Waals surface area contributed by atoms with Crippen LogP contribution in [0.15, 0.2) is 29.3 Å². The molecule has 0 spiro atoms. The first-order valence-electron chi connectivity index (χ1n) is 7.53. The summed E-state index contributed by atoms with van der Waals surface area (Å²) in [4.78, 5) is 3.29. The van der Waals surface area contributed by atoms with E-state index in [-0.39, 0.29) is 16.7 Å². The third kappa shape index (κ3) is 4.76. The highest BCUT2D eigenvalue weighted by Crippen LogP contribution is 2.23. The lowest BCUT2D eigenvalue weighted by Gasteiger charge is -2.04. The highest BCUT2D eigenvalue weighted by Gasteiger charge is 2.11. The zero-order chi connectivity index (χ0) is 18.4. The largest absolute Gasteiger partial charge is 0.207 e. The molecule has 0 saturated carbocycles. The number of isothiocyanates is 1. The van der Waals surface area contributed by atoms with Crippen LogP contribution in [0.4, 0.5) is 23.2 Å². The Labute approximate surface area is 148 Å². The Bertz CT molecular complexity index is 859. The summed E-state index contributed by atoms with van der Waals surface area (Å²) in [5.41, 5.74) is -0.448. The molecule has 0 amide bonds. The van der Waals surface area contributed by atoms with Gasteiger partial charge in [0.15, 0.2) is 11.6 Å². The maximum Gasteiger partial charge on any atom is 0.153 e. The van der Waals surface area contributed by atoms with Gasteiger partial charge in [-0.2, -0.15) is 4.99 Å². The minimum atomic E-state index is -0.950. The molecule has 0 aromatic heterocycles. The summed E-state index contributed by atoms with van der Waals surface area (Å²) in [7, 11) is 0. The van der Waals surface area contributed by atoms with Crippen molar-refractivity contribution in [2.75, 3.05) is 0 Å². The van der Waals surface area contributed by atoms with Crippen LogP contribution in [0.3, 0.4) is 0 Å². The molecular formula is C19H13F4NS. The van der Waals surface area contributed by atoms with Crippen molar-refractivity contribution < 1.29 is 17.6 Å². The van der Waals surface area contributed by atoms with Crippen molar-refractivity contribution in [2.45, 2.75) is 26.2 Å². The summed E-state index contributed by atoms with van der Waals surface area (Å²) in [5, 5.41) is 1.88. The second-order valence-electron chi connectivity index (χ2n) is 5.26. The molecule has 0 fully saturated rings. The van der Waals surface area contributed by atoms with Gasteiger partial charge in [0.2, 0.25) is 0 Å². The molecule has 1 nitrogen and oxygen atoms in total. The molecule has 0 aliphatic carbocycles. The first-order valence-corrected chi connectivity index (χ1v) is 7.94. The fourth-order valence-corrected chi connectivity index (χ4v) is 2.29. The van der Waals surface area contributed by atoms with Crippen molar-refractivity contribution in [2.24, 2.45) is 4.99 Å². The van der Waals surface area contributed by atoms with E-state index in [0.717, 1.165) is 30.7 Å². The zero-order valence-corrected chi connectivity index (χ0v) is 14.1. The number of nitrogens with zero attached hydrogens (tertiary/aromatic N) is 1. The molecule has 2 rings (SSSR count). The Kier molecular flexibility index (Phi) is 6.46. The first-order chi connectivity index (χ1) is 12.0. The van der Waals surface area contributed by atoms with E-state index in [1.54, 1.807) is 0 Å². The van der Waals surface area contributed by atoms with Crippen LogP contribution in [0.5, 0.6) is 0 Å². The van der Waals surface area contributed by atoms with Gasteiger partial charge < -0.3 is 0 Å². The normalized spacial score (nSPS) is 9.96. The van der Waals surface area contributed by atoms with E-state index in [9.17, 15) is 17.6 Å². The molecular weight excluding hydrogens is 350 g/mol. The number of hydrogen-bond acceptors (Lipinski definition) is 2. The molecule has 128 valence electrons. The van der Waals surface area contributed by atoms with Crippen LogP contribution in [-0.4, -0.2) is 5.16 Å². The van der Waals surface area contributed by atoms with E-state index in [2.05, 4.69) is 29.1 Å². The van der Waals surface area contributed by atoms with Crippen LogP contribution in [0, 0.1) is 35.1 Å². The van der Waals surface area contributed by atoms with Gasteiger partial charge in [-0.15, -0.1) is 0 Å². The Morgan fingerprint density at radius 3 is 1.80 bits per heavy atom. The van der Waals surface area contributed by atoms with Gasteiger partial charge >= 0.3 is 0 Å². The van der Waals surface area contributed by atoms with E-state index >= 15 is 0 Å². The van der Waals surface area contributed by atoms with E-state index in [1.165, 1.54) is 0 Å². The van der Waals surface area contributed by atoms with Crippen LogP contribution in [0.1, 0.15) is 36.5 Å². The number of unbranched alkanes of at least 4 members (excludes halogenated alkanes) is 1.